The lowest BCUT2D eigenvalue weighted by molar-refractivity contribution is -0.137. The van der Waals surface area contributed by atoms with Crippen LogP contribution in [0.4, 0.5) is 4.79 Å². The zero-order valence-electron chi connectivity index (χ0n) is 12.1. The molecule has 0 heterocycles. The van der Waals surface area contributed by atoms with Crippen molar-refractivity contribution in [2.75, 3.05) is 13.1 Å². The van der Waals surface area contributed by atoms with Crippen molar-refractivity contribution in [3.8, 4) is 0 Å². The van der Waals surface area contributed by atoms with Crippen LogP contribution < -0.4 is 5.32 Å². The summed E-state index contributed by atoms with van der Waals surface area (Å²) in [5.74, 6) is -0.887. The van der Waals surface area contributed by atoms with Gasteiger partial charge in [-0.1, -0.05) is 20.8 Å². The minimum atomic E-state index is -0.887. The van der Waals surface area contributed by atoms with Gasteiger partial charge in [0.2, 0.25) is 0 Å². The molecule has 5 heteroatoms. The van der Waals surface area contributed by atoms with Crippen molar-refractivity contribution >= 4 is 12.0 Å². The minimum Gasteiger partial charge on any atom is -0.481 e. The first-order valence-corrected chi connectivity index (χ1v) is 6.46. The maximum atomic E-state index is 12.0. The molecule has 5 nitrogen and oxygen atoms in total. The molecule has 0 aromatic rings. The summed E-state index contributed by atoms with van der Waals surface area (Å²) >= 11 is 0. The zero-order valence-corrected chi connectivity index (χ0v) is 12.1. The number of carbonyl (C=O) groups excluding carboxylic acids is 1. The van der Waals surface area contributed by atoms with Gasteiger partial charge in [0.1, 0.15) is 0 Å². The Kier molecular flexibility index (Phi) is 6.73. The number of carboxylic acid groups (broad SMARTS) is 1. The van der Waals surface area contributed by atoms with Crippen LogP contribution >= 0.6 is 0 Å². The first-order chi connectivity index (χ1) is 8.19. The van der Waals surface area contributed by atoms with Crippen LogP contribution in [0.15, 0.2) is 0 Å². The fourth-order valence-electron chi connectivity index (χ4n) is 1.35. The molecule has 0 unspecified atom stereocenters. The van der Waals surface area contributed by atoms with Crippen LogP contribution in [0, 0.1) is 5.41 Å². The molecule has 0 spiro atoms. The lowest BCUT2D eigenvalue weighted by Crippen LogP contribution is -2.47. The average molecular weight is 258 g/mol. The van der Waals surface area contributed by atoms with E-state index in [0.717, 1.165) is 6.42 Å². The molecule has 0 aromatic carbocycles. The zero-order chi connectivity index (χ0) is 14.3. The monoisotopic (exact) mass is 258 g/mol. The smallest absolute Gasteiger partial charge is 0.317 e. The number of rotatable bonds is 7. The third kappa shape index (κ3) is 6.47. The summed E-state index contributed by atoms with van der Waals surface area (Å²) in [4.78, 5) is 24.1. The lowest BCUT2D eigenvalue weighted by Gasteiger charge is -2.29. The Morgan fingerprint density at radius 1 is 1.33 bits per heavy atom. The number of hydrogen-bond acceptors (Lipinski definition) is 2. The fourth-order valence-corrected chi connectivity index (χ4v) is 1.35. The predicted octanol–water partition coefficient (Wildman–Crippen LogP) is 2.32. The van der Waals surface area contributed by atoms with E-state index in [4.69, 9.17) is 5.11 Å². The van der Waals surface area contributed by atoms with Gasteiger partial charge in [-0.05, 0) is 25.7 Å². The Hall–Kier alpha value is -1.26. The second-order valence-electron chi connectivity index (χ2n) is 5.61. The van der Waals surface area contributed by atoms with Crippen molar-refractivity contribution in [1.29, 1.82) is 0 Å². The van der Waals surface area contributed by atoms with Crippen LogP contribution in [0.3, 0.4) is 0 Å². The van der Waals surface area contributed by atoms with E-state index in [1.807, 2.05) is 13.8 Å². The number of aliphatic carboxylic acids is 1. The van der Waals surface area contributed by atoms with Gasteiger partial charge in [-0.3, -0.25) is 4.79 Å². The number of carboxylic acids is 1. The highest BCUT2D eigenvalue weighted by Gasteiger charge is 2.21. The number of amides is 2. The first kappa shape index (κ1) is 16.7. The van der Waals surface area contributed by atoms with E-state index >= 15 is 0 Å². The molecule has 0 aliphatic carbocycles. The van der Waals surface area contributed by atoms with E-state index in [-0.39, 0.29) is 30.5 Å². The second kappa shape index (κ2) is 7.24. The van der Waals surface area contributed by atoms with Gasteiger partial charge in [-0.25, -0.2) is 4.79 Å². The van der Waals surface area contributed by atoms with Crippen molar-refractivity contribution in [2.24, 2.45) is 5.41 Å². The van der Waals surface area contributed by atoms with Gasteiger partial charge in [-0.15, -0.1) is 0 Å². The molecule has 0 fully saturated rings. The van der Waals surface area contributed by atoms with E-state index in [2.05, 4.69) is 26.1 Å². The molecule has 106 valence electrons. The second-order valence-corrected chi connectivity index (χ2v) is 5.61. The quantitative estimate of drug-likeness (QED) is 0.736. The fraction of sp³-hybridized carbons (Fsp3) is 0.846. The summed E-state index contributed by atoms with van der Waals surface area (Å²) in [5, 5.41) is 11.5. The summed E-state index contributed by atoms with van der Waals surface area (Å²) < 4.78 is 0. The van der Waals surface area contributed by atoms with Gasteiger partial charge in [0.05, 0.1) is 6.42 Å². The molecule has 0 radical (unpaired) electrons. The molecule has 2 amide bonds. The SMILES string of the molecule is CCC(C)(C)CNC(=O)N(CCC(=O)O)C(C)C. The normalized spacial score (nSPS) is 11.4. The van der Waals surface area contributed by atoms with Gasteiger partial charge in [0.25, 0.3) is 0 Å². The Bertz CT molecular complexity index is 288. The highest BCUT2D eigenvalue weighted by atomic mass is 16.4. The first-order valence-electron chi connectivity index (χ1n) is 6.46. The van der Waals surface area contributed by atoms with Crippen LogP contribution in [-0.4, -0.2) is 41.1 Å². The van der Waals surface area contributed by atoms with E-state index in [1.54, 1.807) is 4.90 Å². The van der Waals surface area contributed by atoms with Gasteiger partial charge >= 0.3 is 12.0 Å². The summed E-state index contributed by atoms with van der Waals surface area (Å²) in [6, 6.07) is -0.193. The maximum absolute atomic E-state index is 12.0. The molecule has 0 saturated heterocycles. The molecule has 0 aromatic heterocycles. The molecule has 18 heavy (non-hydrogen) atoms. The molecular formula is C13H26N2O3. The molecule has 0 aliphatic heterocycles. The molecule has 0 atom stereocenters. The molecule has 0 aliphatic rings. The van der Waals surface area contributed by atoms with Crippen molar-refractivity contribution in [2.45, 2.75) is 53.5 Å². The molecule has 0 bridgehead atoms. The third-order valence-electron chi connectivity index (χ3n) is 3.13. The van der Waals surface area contributed by atoms with Crippen LogP contribution in [0.5, 0.6) is 0 Å². The van der Waals surface area contributed by atoms with Crippen molar-refractivity contribution in [1.82, 2.24) is 10.2 Å². The van der Waals surface area contributed by atoms with Gasteiger partial charge in [-0.2, -0.15) is 0 Å². The van der Waals surface area contributed by atoms with E-state index in [0.29, 0.717) is 6.54 Å². The summed E-state index contributed by atoms with van der Waals surface area (Å²) in [6.07, 6.45) is 0.951. The summed E-state index contributed by atoms with van der Waals surface area (Å²) in [6.45, 7) is 10.9. The molecule has 0 rings (SSSR count). The minimum absolute atomic E-state index is 0.00547. The Balaban J connectivity index is 4.35. The number of carbonyl (C=O) groups is 2. The third-order valence-corrected chi connectivity index (χ3v) is 3.13. The van der Waals surface area contributed by atoms with Crippen molar-refractivity contribution in [3.63, 3.8) is 0 Å². The largest absolute Gasteiger partial charge is 0.481 e. The highest BCUT2D eigenvalue weighted by Crippen LogP contribution is 2.17. The summed E-state index contributed by atoms with van der Waals surface area (Å²) in [5.41, 5.74) is 0.0606. The van der Waals surface area contributed by atoms with E-state index in [1.165, 1.54) is 0 Å². The average Bonchev–Trinajstić information content (AvgIpc) is 2.26. The van der Waals surface area contributed by atoms with Gasteiger partial charge < -0.3 is 15.3 Å². The number of hydrogen-bond donors (Lipinski definition) is 2. The summed E-state index contributed by atoms with van der Waals surface area (Å²) in [7, 11) is 0. The van der Waals surface area contributed by atoms with Gasteiger partial charge in [0.15, 0.2) is 0 Å². The lowest BCUT2D eigenvalue weighted by atomic mass is 9.90. The number of nitrogens with one attached hydrogen (secondary N) is 1. The molecule has 2 N–H and O–H groups in total. The standard InChI is InChI=1S/C13H26N2O3/c1-6-13(4,5)9-14-12(18)15(10(2)3)8-7-11(16)17/h10H,6-9H2,1-5H3,(H,14,18)(H,16,17). The van der Waals surface area contributed by atoms with E-state index in [9.17, 15) is 9.59 Å². The maximum Gasteiger partial charge on any atom is 0.317 e. The Morgan fingerprint density at radius 2 is 1.89 bits per heavy atom. The number of urea groups is 1. The molecular weight excluding hydrogens is 232 g/mol. The van der Waals surface area contributed by atoms with Crippen LogP contribution in [0.25, 0.3) is 0 Å². The van der Waals surface area contributed by atoms with Crippen LogP contribution in [-0.2, 0) is 4.79 Å². The molecule has 0 saturated carbocycles. The number of nitrogens with zero attached hydrogens (tertiary/aromatic N) is 1. The van der Waals surface area contributed by atoms with Crippen molar-refractivity contribution in [3.05, 3.63) is 0 Å². The van der Waals surface area contributed by atoms with Gasteiger partial charge in [0, 0.05) is 19.1 Å². The van der Waals surface area contributed by atoms with Crippen molar-refractivity contribution < 1.29 is 14.7 Å². The highest BCUT2D eigenvalue weighted by molar-refractivity contribution is 5.75. The topological polar surface area (TPSA) is 69.6 Å². The van der Waals surface area contributed by atoms with E-state index < -0.39 is 5.97 Å². The van der Waals surface area contributed by atoms with Crippen LogP contribution in [0.1, 0.15) is 47.5 Å². The Labute approximate surface area is 110 Å². The van der Waals surface area contributed by atoms with Crippen LogP contribution in [0.2, 0.25) is 0 Å². The Morgan fingerprint density at radius 3 is 2.28 bits per heavy atom. The predicted molar refractivity (Wildman–Crippen MR) is 71.6 cm³/mol.